The molecule has 0 saturated carbocycles. The lowest BCUT2D eigenvalue weighted by atomic mass is 9.91. The Labute approximate surface area is 122 Å². The summed E-state index contributed by atoms with van der Waals surface area (Å²) in [5.41, 5.74) is 3.53. The normalized spacial score (nSPS) is 16.8. The molecular weight excluding hydrogens is 274 g/mol. The summed E-state index contributed by atoms with van der Waals surface area (Å²) in [4.78, 5) is 12.3. The van der Waals surface area contributed by atoms with Crippen molar-refractivity contribution >= 4 is 23.2 Å². The number of para-hydroxylation sites is 1. The number of benzene rings is 2. The van der Waals surface area contributed by atoms with Gasteiger partial charge in [0.25, 0.3) is 0 Å². The largest absolute Gasteiger partial charge is 0.496 e. The highest BCUT2D eigenvalue weighted by atomic mass is 35.5. The Morgan fingerprint density at radius 2 is 1.95 bits per heavy atom. The SMILES string of the molecule is COc1ccccc1C1C(=O)Nc2cc(C)c(Cl)cc21. The molecule has 3 nitrogen and oxygen atoms in total. The van der Waals surface area contributed by atoms with Crippen molar-refractivity contribution in [3.05, 3.63) is 58.1 Å². The van der Waals surface area contributed by atoms with Crippen LogP contribution in [0, 0.1) is 6.92 Å². The molecule has 0 saturated heterocycles. The molecule has 3 rings (SSSR count). The topological polar surface area (TPSA) is 38.3 Å². The lowest BCUT2D eigenvalue weighted by molar-refractivity contribution is -0.116. The molecule has 0 spiro atoms. The van der Waals surface area contributed by atoms with Crippen LogP contribution in [0.2, 0.25) is 5.02 Å². The fraction of sp³-hybridized carbons (Fsp3) is 0.188. The van der Waals surface area contributed by atoms with E-state index in [4.69, 9.17) is 16.3 Å². The van der Waals surface area contributed by atoms with Gasteiger partial charge >= 0.3 is 0 Å². The number of ether oxygens (including phenoxy) is 1. The Kier molecular flexibility index (Phi) is 3.14. The van der Waals surface area contributed by atoms with Crippen molar-refractivity contribution in [1.29, 1.82) is 0 Å². The minimum atomic E-state index is -0.376. The van der Waals surface area contributed by atoms with Crippen molar-refractivity contribution in [2.45, 2.75) is 12.8 Å². The number of rotatable bonds is 2. The molecule has 20 heavy (non-hydrogen) atoms. The van der Waals surface area contributed by atoms with Gasteiger partial charge in [0.05, 0.1) is 13.0 Å². The molecule has 1 atom stereocenters. The van der Waals surface area contributed by atoms with Crippen molar-refractivity contribution in [1.82, 2.24) is 0 Å². The fourth-order valence-electron chi connectivity index (χ4n) is 2.60. The van der Waals surface area contributed by atoms with Gasteiger partial charge in [-0.25, -0.2) is 0 Å². The molecule has 4 heteroatoms. The molecule has 1 amide bonds. The van der Waals surface area contributed by atoms with Crippen molar-refractivity contribution in [2.75, 3.05) is 12.4 Å². The molecule has 2 aromatic carbocycles. The number of carbonyl (C=O) groups is 1. The number of amides is 1. The molecule has 1 unspecified atom stereocenters. The van der Waals surface area contributed by atoms with Crippen molar-refractivity contribution in [2.24, 2.45) is 0 Å². The van der Waals surface area contributed by atoms with E-state index in [-0.39, 0.29) is 11.8 Å². The molecule has 0 radical (unpaired) electrons. The molecular formula is C16H14ClNO2. The lowest BCUT2D eigenvalue weighted by Gasteiger charge is -2.14. The summed E-state index contributed by atoms with van der Waals surface area (Å²) in [6, 6.07) is 11.3. The van der Waals surface area contributed by atoms with Gasteiger partial charge in [-0.3, -0.25) is 4.79 Å². The summed E-state index contributed by atoms with van der Waals surface area (Å²) in [5.74, 6) is 0.280. The number of methoxy groups -OCH3 is 1. The quantitative estimate of drug-likeness (QED) is 0.914. The Morgan fingerprint density at radius 3 is 2.70 bits per heavy atom. The monoisotopic (exact) mass is 287 g/mol. The van der Waals surface area contributed by atoms with E-state index in [1.54, 1.807) is 7.11 Å². The third-order valence-electron chi connectivity index (χ3n) is 3.61. The van der Waals surface area contributed by atoms with Gasteiger partial charge < -0.3 is 10.1 Å². The second kappa shape index (κ2) is 4.84. The number of anilines is 1. The zero-order valence-electron chi connectivity index (χ0n) is 11.2. The number of aryl methyl sites for hydroxylation is 1. The zero-order chi connectivity index (χ0) is 14.3. The van der Waals surface area contributed by atoms with E-state index in [1.165, 1.54) is 0 Å². The molecule has 1 aliphatic heterocycles. The van der Waals surface area contributed by atoms with Crippen LogP contribution in [-0.2, 0) is 4.79 Å². The summed E-state index contributed by atoms with van der Waals surface area (Å²) < 4.78 is 5.36. The molecule has 102 valence electrons. The summed E-state index contributed by atoms with van der Waals surface area (Å²) in [6.07, 6.45) is 0. The first kappa shape index (κ1) is 13.0. The maximum Gasteiger partial charge on any atom is 0.236 e. The van der Waals surface area contributed by atoms with Crippen molar-refractivity contribution < 1.29 is 9.53 Å². The third kappa shape index (κ3) is 1.95. The van der Waals surface area contributed by atoms with Crippen molar-refractivity contribution in [3.63, 3.8) is 0 Å². The molecule has 0 bridgehead atoms. The molecule has 0 fully saturated rings. The van der Waals surface area contributed by atoms with Gasteiger partial charge in [0.15, 0.2) is 0 Å². The second-order valence-electron chi connectivity index (χ2n) is 4.85. The number of carbonyl (C=O) groups excluding carboxylic acids is 1. The highest BCUT2D eigenvalue weighted by Gasteiger charge is 2.34. The van der Waals surface area contributed by atoms with Crippen LogP contribution in [0.25, 0.3) is 0 Å². The van der Waals surface area contributed by atoms with Crippen molar-refractivity contribution in [3.8, 4) is 5.75 Å². The number of hydrogen-bond acceptors (Lipinski definition) is 2. The van der Waals surface area contributed by atoms with Crippen LogP contribution in [-0.4, -0.2) is 13.0 Å². The summed E-state index contributed by atoms with van der Waals surface area (Å²) in [7, 11) is 1.61. The first-order chi connectivity index (χ1) is 9.61. The molecule has 0 aliphatic carbocycles. The van der Waals surface area contributed by atoms with E-state index in [2.05, 4.69) is 5.32 Å². The number of nitrogens with one attached hydrogen (secondary N) is 1. The number of hydrogen-bond donors (Lipinski definition) is 1. The van der Waals surface area contributed by atoms with Gasteiger partial charge in [-0.1, -0.05) is 29.8 Å². The van der Waals surface area contributed by atoms with Gasteiger partial charge in [-0.05, 0) is 36.2 Å². The van der Waals surface area contributed by atoms with Crippen LogP contribution in [0.5, 0.6) is 5.75 Å². The average molecular weight is 288 g/mol. The van der Waals surface area contributed by atoms with Crippen LogP contribution in [0.3, 0.4) is 0 Å². The van der Waals surface area contributed by atoms with E-state index >= 15 is 0 Å². The Morgan fingerprint density at radius 1 is 1.20 bits per heavy atom. The van der Waals surface area contributed by atoms with Gasteiger partial charge in [-0.15, -0.1) is 0 Å². The number of halogens is 1. The molecule has 1 aliphatic rings. The summed E-state index contributed by atoms with van der Waals surface area (Å²) >= 11 is 6.20. The second-order valence-corrected chi connectivity index (χ2v) is 5.26. The molecule has 0 aromatic heterocycles. The first-order valence-electron chi connectivity index (χ1n) is 6.35. The van der Waals surface area contributed by atoms with Gasteiger partial charge in [0.1, 0.15) is 5.75 Å². The van der Waals surface area contributed by atoms with E-state index in [0.29, 0.717) is 10.8 Å². The Bertz CT molecular complexity index is 697. The fourth-order valence-corrected chi connectivity index (χ4v) is 2.78. The summed E-state index contributed by atoms with van der Waals surface area (Å²) in [5, 5.41) is 3.58. The van der Waals surface area contributed by atoms with Crippen LogP contribution in [0.4, 0.5) is 5.69 Å². The van der Waals surface area contributed by atoms with E-state index < -0.39 is 0 Å². The first-order valence-corrected chi connectivity index (χ1v) is 6.73. The van der Waals surface area contributed by atoms with Gasteiger partial charge in [0, 0.05) is 16.3 Å². The van der Waals surface area contributed by atoms with E-state index in [0.717, 1.165) is 22.4 Å². The minimum Gasteiger partial charge on any atom is -0.496 e. The van der Waals surface area contributed by atoms with Gasteiger partial charge in [-0.2, -0.15) is 0 Å². The Balaban J connectivity index is 2.17. The standard InChI is InChI=1S/C16H14ClNO2/c1-9-7-13-11(8-12(9)17)15(16(19)18-13)10-5-3-4-6-14(10)20-2/h3-8,15H,1-2H3,(H,18,19). The summed E-state index contributed by atoms with van der Waals surface area (Å²) in [6.45, 7) is 1.92. The minimum absolute atomic E-state index is 0.0498. The maximum atomic E-state index is 12.3. The molecule has 1 N–H and O–H groups in total. The van der Waals surface area contributed by atoms with Crippen LogP contribution in [0.1, 0.15) is 22.6 Å². The molecule has 1 heterocycles. The predicted octanol–water partition coefficient (Wildman–Crippen LogP) is 3.74. The smallest absolute Gasteiger partial charge is 0.236 e. The van der Waals surface area contributed by atoms with Crippen LogP contribution < -0.4 is 10.1 Å². The van der Waals surface area contributed by atoms with Gasteiger partial charge in [0.2, 0.25) is 5.91 Å². The van der Waals surface area contributed by atoms with E-state index in [9.17, 15) is 4.79 Å². The lowest BCUT2D eigenvalue weighted by Crippen LogP contribution is -2.14. The van der Waals surface area contributed by atoms with Crippen LogP contribution in [0.15, 0.2) is 36.4 Å². The zero-order valence-corrected chi connectivity index (χ0v) is 12.0. The maximum absolute atomic E-state index is 12.3. The van der Waals surface area contributed by atoms with Crippen LogP contribution >= 0.6 is 11.6 Å². The average Bonchev–Trinajstić information content (AvgIpc) is 2.74. The highest BCUT2D eigenvalue weighted by Crippen LogP contribution is 2.42. The molecule has 2 aromatic rings. The number of fused-ring (bicyclic) bond motifs is 1. The van der Waals surface area contributed by atoms with E-state index in [1.807, 2.05) is 43.3 Å². The Hall–Kier alpha value is -2.00. The predicted molar refractivity (Wildman–Crippen MR) is 79.7 cm³/mol. The third-order valence-corrected chi connectivity index (χ3v) is 4.02. The highest BCUT2D eigenvalue weighted by molar-refractivity contribution is 6.31.